The van der Waals surface area contributed by atoms with Crippen molar-refractivity contribution < 1.29 is 9.47 Å². The molecule has 0 aliphatic heterocycles. The van der Waals surface area contributed by atoms with Crippen LogP contribution in [0.2, 0.25) is 0 Å². The second kappa shape index (κ2) is 12.2. The standard InChI is InChI=1S/C18H32O2/c1-3-5-7-9-14-19-17-12-11-13-18(16-17)20-15-10-8-6-4-2/h3-4,17-18H,1-2,5-16H2. The molecule has 0 amide bonds. The third kappa shape index (κ3) is 8.55. The largest absolute Gasteiger partial charge is 0.378 e. The number of hydrogen-bond acceptors (Lipinski definition) is 2. The van der Waals surface area contributed by atoms with Gasteiger partial charge >= 0.3 is 0 Å². The van der Waals surface area contributed by atoms with E-state index >= 15 is 0 Å². The van der Waals surface area contributed by atoms with E-state index in [0.29, 0.717) is 12.2 Å². The maximum atomic E-state index is 5.98. The molecule has 0 heterocycles. The van der Waals surface area contributed by atoms with Gasteiger partial charge in [0.2, 0.25) is 0 Å². The van der Waals surface area contributed by atoms with E-state index in [1.165, 1.54) is 32.1 Å². The lowest BCUT2D eigenvalue weighted by atomic mass is 9.95. The second-order valence-electron chi connectivity index (χ2n) is 5.72. The highest BCUT2D eigenvalue weighted by Gasteiger charge is 2.22. The van der Waals surface area contributed by atoms with Crippen molar-refractivity contribution in [3.63, 3.8) is 0 Å². The first-order valence-electron chi connectivity index (χ1n) is 8.31. The molecule has 0 aromatic rings. The summed E-state index contributed by atoms with van der Waals surface area (Å²) in [6, 6.07) is 0. The van der Waals surface area contributed by atoms with Crippen molar-refractivity contribution in [2.45, 2.75) is 76.4 Å². The van der Waals surface area contributed by atoms with Gasteiger partial charge in [-0.25, -0.2) is 0 Å². The molecule has 1 saturated carbocycles. The average Bonchev–Trinajstić information content (AvgIpc) is 2.47. The Balaban J connectivity index is 2.02. The molecule has 1 rings (SSSR count). The van der Waals surface area contributed by atoms with Crippen LogP contribution >= 0.6 is 0 Å². The summed E-state index contributed by atoms with van der Waals surface area (Å²) < 4.78 is 12.0. The summed E-state index contributed by atoms with van der Waals surface area (Å²) in [7, 11) is 0. The van der Waals surface area contributed by atoms with Gasteiger partial charge in [-0.05, 0) is 64.2 Å². The SMILES string of the molecule is C=CCCCCOC1CCCC(OCCCCC=C)C1. The Hall–Kier alpha value is -0.600. The van der Waals surface area contributed by atoms with E-state index in [1.807, 2.05) is 12.2 Å². The van der Waals surface area contributed by atoms with Gasteiger partial charge in [0.1, 0.15) is 0 Å². The maximum absolute atomic E-state index is 5.98. The average molecular weight is 280 g/mol. The minimum atomic E-state index is 0.422. The van der Waals surface area contributed by atoms with Crippen molar-refractivity contribution in [1.29, 1.82) is 0 Å². The summed E-state index contributed by atoms with van der Waals surface area (Å²) in [6.07, 6.45) is 16.4. The van der Waals surface area contributed by atoms with Crippen molar-refractivity contribution in [1.82, 2.24) is 0 Å². The van der Waals surface area contributed by atoms with Gasteiger partial charge in [0, 0.05) is 13.2 Å². The molecule has 1 aliphatic carbocycles. The smallest absolute Gasteiger partial charge is 0.0599 e. The Morgan fingerprint density at radius 1 is 0.800 bits per heavy atom. The summed E-state index contributed by atoms with van der Waals surface area (Å²) in [6.45, 7) is 9.27. The van der Waals surface area contributed by atoms with Gasteiger partial charge in [-0.1, -0.05) is 12.2 Å². The van der Waals surface area contributed by atoms with E-state index in [0.717, 1.165) is 45.3 Å². The van der Waals surface area contributed by atoms with Crippen LogP contribution in [0.5, 0.6) is 0 Å². The molecule has 1 aliphatic rings. The summed E-state index contributed by atoms with van der Waals surface area (Å²) >= 11 is 0. The number of ether oxygens (including phenoxy) is 2. The van der Waals surface area contributed by atoms with Crippen LogP contribution in [0.3, 0.4) is 0 Å². The molecule has 116 valence electrons. The van der Waals surface area contributed by atoms with Crippen molar-refractivity contribution >= 4 is 0 Å². The number of hydrogen-bond donors (Lipinski definition) is 0. The summed E-state index contributed by atoms with van der Waals surface area (Å²) in [5.41, 5.74) is 0. The van der Waals surface area contributed by atoms with Crippen molar-refractivity contribution in [2.24, 2.45) is 0 Å². The van der Waals surface area contributed by atoms with E-state index in [2.05, 4.69) is 13.2 Å². The summed E-state index contributed by atoms with van der Waals surface area (Å²) in [5, 5.41) is 0. The minimum absolute atomic E-state index is 0.422. The molecular weight excluding hydrogens is 248 g/mol. The number of rotatable bonds is 12. The lowest BCUT2D eigenvalue weighted by molar-refractivity contribution is -0.0458. The second-order valence-corrected chi connectivity index (χ2v) is 5.72. The third-order valence-corrected chi connectivity index (χ3v) is 3.89. The molecule has 0 saturated heterocycles. The Morgan fingerprint density at radius 2 is 1.30 bits per heavy atom. The van der Waals surface area contributed by atoms with Crippen LogP contribution in [0.4, 0.5) is 0 Å². The molecule has 2 atom stereocenters. The maximum Gasteiger partial charge on any atom is 0.0599 e. The molecule has 1 fully saturated rings. The molecule has 20 heavy (non-hydrogen) atoms. The predicted molar refractivity (Wildman–Crippen MR) is 86.0 cm³/mol. The van der Waals surface area contributed by atoms with E-state index < -0.39 is 0 Å². The molecule has 0 N–H and O–H groups in total. The van der Waals surface area contributed by atoms with Crippen LogP contribution in [0, 0.1) is 0 Å². The van der Waals surface area contributed by atoms with Gasteiger partial charge in [0.05, 0.1) is 12.2 Å². The van der Waals surface area contributed by atoms with Crippen LogP contribution in [-0.4, -0.2) is 25.4 Å². The van der Waals surface area contributed by atoms with Crippen molar-refractivity contribution in [2.75, 3.05) is 13.2 Å². The zero-order valence-corrected chi connectivity index (χ0v) is 13.0. The first kappa shape index (κ1) is 17.5. The number of unbranched alkanes of at least 4 members (excludes halogenated alkanes) is 4. The lowest BCUT2D eigenvalue weighted by Crippen LogP contribution is -2.28. The Labute approximate surface area is 125 Å². The monoisotopic (exact) mass is 280 g/mol. The molecule has 0 aromatic heterocycles. The van der Waals surface area contributed by atoms with Gasteiger partial charge in [0.25, 0.3) is 0 Å². The lowest BCUT2D eigenvalue weighted by Gasteiger charge is -2.29. The molecule has 0 spiro atoms. The molecule has 2 nitrogen and oxygen atoms in total. The highest BCUT2D eigenvalue weighted by atomic mass is 16.5. The fourth-order valence-corrected chi connectivity index (χ4v) is 2.69. The Bertz CT molecular complexity index is 226. The van der Waals surface area contributed by atoms with Crippen LogP contribution in [-0.2, 0) is 9.47 Å². The van der Waals surface area contributed by atoms with Crippen LogP contribution in [0.15, 0.2) is 25.3 Å². The normalized spacial score (nSPS) is 22.6. The third-order valence-electron chi connectivity index (χ3n) is 3.89. The molecule has 2 unspecified atom stereocenters. The van der Waals surface area contributed by atoms with Crippen LogP contribution in [0.25, 0.3) is 0 Å². The van der Waals surface area contributed by atoms with Gasteiger partial charge < -0.3 is 9.47 Å². The van der Waals surface area contributed by atoms with Gasteiger partial charge in [0.15, 0.2) is 0 Å². The fraction of sp³-hybridized carbons (Fsp3) is 0.778. The van der Waals surface area contributed by atoms with E-state index in [1.54, 1.807) is 0 Å². The van der Waals surface area contributed by atoms with E-state index in [-0.39, 0.29) is 0 Å². The fourth-order valence-electron chi connectivity index (χ4n) is 2.69. The molecule has 2 heteroatoms. The van der Waals surface area contributed by atoms with Gasteiger partial charge in [-0.15, -0.1) is 13.2 Å². The van der Waals surface area contributed by atoms with Crippen molar-refractivity contribution in [3.8, 4) is 0 Å². The van der Waals surface area contributed by atoms with Crippen LogP contribution < -0.4 is 0 Å². The van der Waals surface area contributed by atoms with Gasteiger partial charge in [-0.3, -0.25) is 0 Å². The van der Waals surface area contributed by atoms with Gasteiger partial charge in [-0.2, -0.15) is 0 Å². The zero-order valence-electron chi connectivity index (χ0n) is 13.0. The molecule has 0 radical (unpaired) electrons. The van der Waals surface area contributed by atoms with E-state index in [9.17, 15) is 0 Å². The predicted octanol–water partition coefficient (Wildman–Crippen LogP) is 5.04. The molecular formula is C18H32O2. The quantitative estimate of drug-likeness (QED) is 0.368. The molecule has 0 bridgehead atoms. The Kier molecular flexibility index (Phi) is 10.6. The first-order chi connectivity index (χ1) is 9.86. The summed E-state index contributed by atoms with van der Waals surface area (Å²) in [5.74, 6) is 0. The first-order valence-corrected chi connectivity index (χ1v) is 8.31. The number of allylic oxidation sites excluding steroid dienone is 2. The Morgan fingerprint density at radius 3 is 1.75 bits per heavy atom. The van der Waals surface area contributed by atoms with Crippen LogP contribution in [0.1, 0.15) is 64.2 Å². The highest BCUT2D eigenvalue weighted by Crippen LogP contribution is 2.24. The minimum Gasteiger partial charge on any atom is -0.378 e. The topological polar surface area (TPSA) is 18.5 Å². The summed E-state index contributed by atoms with van der Waals surface area (Å²) in [4.78, 5) is 0. The van der Waals surface area contributed by atoms with Crippen molar-refractivity contribution in [3.05, 3.63) is 25.3 Å². The van der Waals surface area contributed by atoms with E-state index in [4.69, 9.17) is 9.47 Å². The highest BCUT2D eigenvalue weighted by molar-refractivity contribution is 4.74. The molecule has 0 aromatic carbocycles. The zero-order chi connectivity index (χ0) is 14.5.